The van der Waals surface area contributed by atoms with Gasteiger partial charge in [0.15, 0.2) is 0 Å². The molecule has 30 valence electrons. The van der Waals surface area contributed by atoms with E-state index in [1.54, 1.807) is 0 Å². The second kappa shape index (κ2) is 3.96. The average molecular weight is 86.2 g/mol. The van der Waals surface area contributed by atoms with E-state index < -0.39 is 0 Å². The van der Waals surface area contributed by atoms with Gasteiger partial charge in [0.1, 0.15) is 0 Å². The van der Waals surface area contributed by atoms with Crippen LogP contribution in [0, 0.1) is 0 Å². The molecule has 0 aliphatic rings. The Labute approximate surface area is 36.3 Å². The molecule has 0 aromatic carbocycles. The van der Waals surface area contributed by atoms with E-state index in [2.05, 4.69) is 18.7 Å². The van der Waals surface area contributed by atoms with Gasteiger partial charge in [-0.25, -0.2) is 0 Å². The second-order valence-electron chi connectivity index (χ2n) is 0.977. The normalized spacial score (nSPS) is 10.6. The highest BCUT2D eigenvalue weighted by molar-refractivity contribution is 6.16. The fourth-order valence-electron chi connectivity index (χ4n) is 0.236. The van der Waals surface area contributed by atoms with E-state index in [-0.39, 0.29) is 0 Å². The molecule has 0 unspecified atom stereocenters. The summed E-state index contributed by atoms with van der Waals surface area (Å²) in [4.78, 5) is 0. The van der Waals surface area contributed by atoms with Gasteiger partial charge in [0.2, 0.25) is 0 Å². The molecular formula is C4H10Si. The van der Waals surface area contributed by atoms with Crippen molar-refractivity contribution >= 4 is 10.2 Å². The van der Waals surface area contributed by atoms with Crippen molar-refractivity contribution in [2.75, 3.05) is 0 Å². The maximum atomic E-state index is 2.19. The van der Waals surface area contributed by atoms with Crippen molar-refractivity contribution in [3.63, 3.8) is 0 Å². The summed E-state index contributed by atoms with van der Waals surface area (Å²) < 4.78 is 0. The molecule has 0 spiro atoms. The molecule has 0 rings (SSSR count). The lowest BCUT2D eigenvalue weighted by atomic mass is 10.5. The average Bonchev–Trinajstić information content (AvgIpc) is 1.41. The van der Waals surface area contributed by atoms with Gasteiger partial charge >= 0.3 is 0 Å². The van der Waals surface area contributed by atoms with Crippen LogP contribution in [-0.4, -0.2) is 10.2 Å². The molecule has 0 aliphatic carbocycles. The molecule has 5 heavy (non-hydrogen) atoms. The van der Waals surface area contributed by atoms with Gasteiger partial charge in [-0.3, -0.25) is 0 Å². The van der Waals surface area contributed by atoms with E-state index >= 15 is 0 Å². The van der Waals surface area contributed by atoms with Crippen LogP contribution in [0.1, 0.15) is 13.3 Å². The zero-order chi connectivity index (χ0) is 4.12. The summed E-state index contributed by atoms with van der Waals surface area (Å²) in [5, 5.41) is 0. The molecule has 0 aliphatic heterocycles. The standard InChI is InChI=1S/C4H10Si/c1-2-3-4-5/h3-4H,2H2,1,5H3. The highest BCUT2D eigenvalue weighted by atomic mass is 28.1. The minimum Gasteiger partial charge on any atom is -0.109 e. The molecule has 0 bridgehead atoms. The molecule has 0 amide bonds. The minimum atomic E-state index is 1.20. The summed E-state index contributed by atoms with van der Waals surface area (Å²) in [5.74, 6) is 0. The predicted octanol–water partition coefficient (Wildman–Crippen LogP) is 0.275. The SMILES string of the molecule is CCC=C[SiH3]. The van der Waals surface area contributed by atoms with Crippen LogP contribution >= 0.6 is 0 Å². The van der Waals surface area contributed by atoms with E-state index in [1.165, 1.54) is 16.7 Å². The highest BCUT2D eigenvalue weighted by Gasteiger charge is 1.52. The Bertz CT molecular complexity index is 30.6. The van der Waals surface area contributed by atoms with E-state index in [0.717, 1.165) is 0 Å². The van der Waals surface area contributed by atoms with Crippen molar-refractivity contribution in [1.82, 2.24) is 0 Å². The van der Waals surface area contributed by atoms with Gasteiger partial charge < -0.3 is 0 Å². The molecule has 0 heterocycles. The highest BCUT2D eigenvalue weighted by Crippen LogP contribution is 1.71. The van der Waals surface area contributed by atoms with Crippen LogP contribution in [-0.2, 0) is 0 Å². The summed E-state index contributed by atoms with van der Waals surface area (Å²) in [6.07, 6.45) is 3.38. The fraction of sp³-hybridized carbons (Fsp3) is 0.500. The van der Waals surface area contributed by atoms with Gasteiger partial charge in [-0.1, -0.05) is 13.0 Å². The summed E-state index contributed by atoms with van der Waals surface area (Å²) >= 11 is 0. The third-order valence-electron chi connectivity index (χ3n) is 0.471. The molecule has 1 heteroatoms. The molecule has 0 nitrogen and oxygen atoms in total. The van der Waals surface area contributed by atoms with E-state index in [4.69, 9.17) is 0 Å². The van der Waals surface area contributed by atoms with Crippen molar-refractivity contribution < 1.29 is 0 Å². The Morgan fingerprint density at radius 1 is 1.80 bits per heavy atom. The Kier molecular flexibility index (Phi) is 3.92. The monoisotopic (exact) mass is 86.1 g/mol. The Morgan fingerprint density at radius 3 is 2.40 bits per heavy atom. The molecule has 0 atom stereocenters. The number of hydrogen-bond acceptors (Lipinski definition) is 0. The van der Waals surface area contributed by atoms with Crippen LogP contribution in [0.3, 0.4) is 0 Å². The van der Waals surface area contributed by atoms with Crippen LogP contribution in [0.25, 0.3) is 0 Å². The minimum absolute atomic E-state index is 1.20. The van der Waals surface area contributed by atoms with E-state index in [0.29, 0.717) is 0 Å². The van der Waals surface area contributed by atoms with Crippen molar-refractivity contribution in [2.24, 2.45) is 0 Å². The Morgan fingerprint density at radius 2 is 2.40 bits per heavy atom. The first-order valence-electron chi connectivity index (χ1n) is 2.03. The summed E-state index contributed by atoms with van der Waals surface area (Å²) in [7, 11) is 1.22. The molecule has 0 aromatic rings. The van der Waals surface area contributed by atoms with Crippen LogP contribution < -0.4 is 0 Å². The number of hydrogen-bond donors (Lipinski definition) is 0. The first-order valence-corrected chi connectivity index (χ1v) is 3.18. The molecular weight excluding hydrogens is 76.1 g/mol. The maximum absolute atomic E-state index is 2.19. The van der Waals surface area contributed by atoms with Crippen molar-refractivity contribution in [3.8, 4) is 0 Å². The number of rotatable bonds is 1. The van der Waals surface area contributed by atoms with Crippen LogP contribution in [0.5, 0.6) is 0 Å². The van der Waals surface area contributed by atoms with Crippen LogP contribution in [0.15, 0.2) is 11.8 Å². The smallest absolute Gasteiger partial charge is 0.0287 e. The van der Waals surface area contributed by atoms with Gasteiger partial charge in [0, 0.05) is 10.2 Å². The summed E-state index contributed by atoms with van der Waals surface area (Å²) in [5.41, 5.74) is 2.19. The van der Waals surface area contributed by atoms with E-state index in [1.807, 2.05) is 0 Å². The lowest BCUT2D eigenvalue weighted by Gasteiger charge is -1.65. The van der Waals surface area contributed by atoms with Gasteiger partial charge in [0.05, 0.1) is 0 Å². The first-order chi connectivity index (χ1) is 2.41. The van der Waals surface area contributed by atoms with Crippen LogP contribution in [0.2, 0.25) is 0 Å². The quantitative estimate of drug-likeness (QED) is 0.402. The van der Waals surface area contributed by atoms with Crippen molar-refractivity contribution in [3.05, 3.63) is 11.8 Å². The third kappa shape index (κ3) is 3.96. The molecule has 0 N–H and O–H groups in total. The summed E-state index contributed by atoms with van der Waals surface area (Å²) in [6, 6.07) is 0. The molecule has 0 radical (unpaired) electrons. The number of allylic oxidation sites excluding steroid dienone is 1. The van der Waals surface area contributed by atoms with Crippen LogP contribution in [0.4, 0.5) is 0 Å². The molecule has 0 aromatic heterocycles. The van der Waals surface area contributed by atoms with Gasteiger partial charge in [-0.15, -0.1) is 5.70 Å². The first kappa shape index (κ1) is 4.96. The molecule has 0 saturated carbocycles. The molecule has 0 saturated heterocycles. The predicted molar refractivity (Wildman–Crippen MR) is 29.4 cm³/mol. The van der Waals surface area contributed by atoms with Crippen molar-refractivity contribution in [1.29, 1.82) is 0 Å². The fourth-order valence-corrected chi connectivity index (χ4v) is 0.707. The zero-order valence-corrected chi connectivity index (χ0v) is 5.86. The third-order valence-corrected chi connectivity index (χ3v) is 0.943. The second-order valence-corrected chi connectivity index (χ2v) is 1.64. The maximum Gasteiger partial charge on any atom is 0.0287 e. The van der Waals surface area contributed by atoms with Crippen molar-refractivity contribution in [2.45, 2.75) is 13.3 Å². The Hall–Kier alpha value is -0.0431. The van der Waals surface area contributed by atoms with Gasteiger partial charge in [-0.2, -0.15) is 0 Å². The van der Waals surface area contributed by atoms with Gasteiger partial charge in [0.25, 0.3) is 0 Å². The zero-order valence-electron chi connectivity index (χ0n) is 3.86. The lowest BCUT2D eigenvalue weighted by molar-refractivity contribution is 1.23. The largest absolute Gasteiger partial charge is 0.109 e. The Balaban J connectivity index is 2.62. The lowest BCUT2D eigenvalue weighted by Crippen LogP contribution is -1.49. The van der Waals surface area contributed by atoms with E-state index in [9.17, 15) is 0 Å². The topological polar surface area (TPSA) is 0 Å². The van der Waals surface area contributed by atoms with Gasteiger partial charge in [-0.05, 0) is 6.42 Å². The summed E-state index contributed by atoms with van der Waals surface area (Å²) in [6.45, 7) is 2.15. The molecule has 0 fully saturated rings.